The number of carbonyl (C=O) groups is 2. The normalized spacial score (nSPS) is 22.9. The molecule has 0 aromatic heterocycles. The summed E-state index contributed by atoms with van der Waals surface area (Å²) in [6.45, 7) is 0. The van der Waals surface area contributed by atoms with Gasteiger partial charge in [0.2, 0.25) is 0 Å². The molecule has 0 bridgehead atoms. The van der Waals surface area contributed by atoms with Crippen LogP contribution in [0.1, 0.15) is 36.0 Å². The van der Waals surface area contributed by atoms with Gasteiger partial charge in [-0.05, 0) is 25.0 Å². The lowest BCUT2D eigenvalue weighted by Gasteiger charge is -2.37. The van der Waals surface area contributed by atoms with Gasteiger partial charge in [0.1, 0.15) is 0 Å². The molecule has 1 aromatic carbocycles. The SMILES string of the molecule is O=C(O)C1Sc2c(Cl)cccc2C(=O)N1C1CCCC1. The Kier molecular flexibility index (Phi) is 3.65. The maximum Gasteiger partial charge on any atom is 0.337 e. The first-order valence-electron chi connectivity index (χ1n) is 6.60. The zero-order valence-corrected chi connectivity index (χ0v) is 12.3. The fraction of sp³-hybridized carbons (Fsp3) is 0.429. The number of carboxylic acids is 1. The largest absolute Gasteiger partial charge is 0.479 e. The molecule has 1 fully saturated rings. The minimum Gasteiger partial charge on any atom is -0.479 e. The third kappa shape index (κ3) is 2.19. The molecule has 2 aliphatic rings. The van der Waals surface area contributed by atoms with E-state index in [0.29, 0.717) is 15.5 Å². The van der Waals surface area contributed by atoms with Gasteiger partial charge in [-0.3, -0.25) is 4.79 Å². The first kappa shape index (κ1) is 13.8. The molecule has 1 N–H and O–H groups in total. The molecule has 1 unspecified atom stereocenters. The number of aliphatic carboxylic acids is 1. The molecular weight excluding hydrogens is 298 g/mol. The summed E-state index contributed by atoms with van der Waals surface area (Å²) in [7, 11) is 0. The highest BCUT2D eigenvalue weighted by molar-refractivity contribution is 8.00. The lowest BCUT2D eigenvalue weighted by Crippen LogP contribution is -2.50. The lowest BCUT2D eigenvalue weighted by molar-refractivity contribution is -0.139. The summed E-state index contributed by atoms with van der Waals surface area (Å²) in [6.07, 6.45) is 3.86. The third-order valence-corrected chi connectivity index (χ3v) is 5.60. The average Bonchev–Trinajstić information content (AvgIpc) is 2.93. The van der Waals surface area contributed by atoms with E-state index in [9.17, 15) is 14.7 Å². The third-order valence-electron chi connectivity index (χ3n) is 3.84. The molecule has 1 aliphatic heterocycles. The summed E-state index contributed by atoms with van der Waals surface area (Å²) in [5.74, 6) is -1.19. The van der Waals surface area contributed by atoms with Crippen LogP contribution in [0.15, 0.2) is 23.1 Å². The number of benzene rings is 1. The molecule has 1 saturated carbocycles. The van der Waals surface area contributed by atoms with E-state index in [-0.39, 0.29) is 11.9 Å². The number of rotatable bonds is 2. The van der Waals surface area contributed by atoms with Crippen molar-refractivity contribution in [2.75, 3.05) is 0 Å². The van der Waals surface area contributed by atoms with E-state index in [4.69, 9.17) is 11.6 Å². The van der Waals surface area contributed by atoms with Crippen LogP contribution in [0.5, 0.6) is 0 Å². The molecule has 0 saturated heterocycles. The van der Waals surface area contributed by atoms with E-state index in [1.807, 2.05) is 0 Å². The molecule has 3 rings (SSSR count). The summed E-state index contributed by atoms with van der Waals surface area (Å²) >= 11 is 7.26. The Morgan fingerprint density at radius 1 is 1.35 bits per heavy atom. The maximum atomic E-state index is 12.7. The molecule has 4 nitrogen and oxygen atoms in total. The van der Waals surface area contributed by atoms with Crippen LogP contribution in [0.4, 0.5) is 0 Å². The summed E-state index contributed by atoms with van der Waals surface area (Å²) in [5.41, 5.74) is 0.520. The molecule has 0 spiro atoms. The van der Waals surface area contributed by atoms with E-state index in [1.54, 1.807) is 23.1 Å². The first-order chi connectivity index (χ1) is 9.59. The predicted molar refractivity (Wildman–Crippen MR) is 77.2 cm³/mol. The minimum atomic E-state index is -0.985. The number of halogens is 1. The fourth-order valence-electron chi connectivity index (χ4n) is 2.92. The van der Waals surface area contributed by atoms with E-state index < -0.39 is 11.3 Å². The predicted octanol–water partition coefficient (Wildman–Crippen LogP) is 3.24. The Labute approximate surface area is 126 Å². The standard InChI is InChI=1S/C14H14ClNO3S/c15-10-7-3-6-9-11(10)20-13(14(18)19)16(12(9)17)8-4-1-2-5-8/h3,6-8,13H,1-2,4-5H2,(H,18,19). The highest BCUT2D eigenvalue weighted by Crippen LogP contribution is 2.42. The Morgan fingerprint density at radius 2 is 2.05 bits per heavy atom. The van der Waals surface area contributed by atoms with Gasteiger partial charge in [-0.1, -0.05) is 42.3 Å². The van der Waals surface area contributed by atoms with Crippen LogP contribution in [0.2, 0.25) is 5.02 Å². The van der Waals surface area contributed by atoms with Crippen LogP contribution >= 0.6 is 23.4 Å². The summed E-state index contributed by atoms with van der Waals surface area (Å²) in [6, 6.07) is 5.16. The zero-order chi connectivity index (χ0) is 14.3. The molecule has 20 heavy (non-hydrogen) atoms. The number of nitrogens with zero attached hydrogens (tertiary/aromatic N) is 1. The van der Waals surface area contributed by atoms with E-state index in [1.165, 1.54) is 0 Å². The summed E-state index contributed by atoms with van der Waals surface area (Å²) in [5, 5.41) is 9.01. The number of carbonyl (C=O) groups excluding carboxylic acids is 1. The Balaban J connectivity index is 2.05. The number of thioether (sulfide) groups is 1. The van der Waals surface area contributed by atoms with Gasteiger partial charge in [-0.15, -0.1) is 0 Å². The number of hydrogen-bond acceptors (Lipinski definition) is 3. The molecule has 1 heterocycles. The molecule has 1 amide bonds. The van der Waals surface area contributed by atoms with Crippen molar-refractivity contribution >= 4 is 35.2 Å². The molecule has 1 atom stereocenters. The van der Waals surface area contributed by atoms with Gasteiger partial charge in [0.15, 0.2) is 5.37 Å². The van der Waals surface area contributed by atoms with Crippen molar-refractivity contribution in [1.82, 2.24) is 4.90 Å². The van der Waals surface area contributed by atoms with E-state index >= 15 is 0 Å². The molecule has 0 radical (unpaired) electrons. The van der Waals surface area contributed by atoms with Crippen molar-refractivity contribution < 1.29 is 14.7 Å². The first-order valence-corrected chi connectivity index (χ1v) is 7.86. The van der Waals surface area contributed by atoms with Gasteiger partial charge in [0, 0.05) is 10.9 Å². The average molecular weight is 312 g/mol. The van der Waals surface area contributed by atoms with Gasteiger partial charge in [0.25, 0.3) is 5.91 Å². The van der Waals surface area contributed by atoms with Gasteiger partial charge in [0.05, 0.1) is 10.6 Å². The Morgan fingerprint density at radius 3 is 2.70 bits per heavy atom. The van der Waals surface area contributed by atoms with Gasteiger partial charge < -0.3 is 10.0 Å². The van der Waals surface area contributed by atoms with Crippen molar-refractivity contribution in [1.29, 1.82) is 0 Å². The second kappa shape index (κ2) is 5.30. The molecular formula is C14H14ClNO3S. The second-order valence-corrected chi connectivity index (χ2v) is 6.57. The van der Waals surface area contributed by atoms with Crippen molar-refractivity contribution in [2.45, 2.75) is 42.0 Å². The molecule has 1 aromatic rings. The number of hydrogen-bond donors (Lipinski definition) is 1. The topological polar surface area (TPSA) is 57.6 Å². The molecule has 106 valence electrons. The Bertz CT molecular complexity index is 572. The smallest absolute Gasteiger partial charge is 0.337 e. The highest BCUT2D eigenvalue weighted by Gasteiger charge is 2.42. The monoisotopic (exact) mass is 311 g/mol. The van der Waals surface area contributed by atoms with Crippen molar-refractivity contribution in [2.24, 2.45) is 0 Å². The minimum absolute atomic E-state index is 0.0308. The summed E-state index contributed by atoms with van der Waals surface area (Å²) < 4.78 is 0. The van der Waals surface area contributed by atoms with Crippen LogP contribution in [-0.4, -0.2) is 33.3 Å². The quantitative estimate of drug-likeness (QED) is 0.911. The van der Waals surface area contributed by atoms with Crippen LogP contribution in [-0.2, 0) is 4.79 Å². The van der Waals surface area contributed by atoms with E-state index in [2.05, 4.69) is 0 Å². The fourth-order valence-corrected chi connectivity index (χ4v) is 4.40. The van der Waals surface area contributed by atoms with Crippen molar-refractivity contribution in [3.8, 4) is 0 Å². The maximum absolute atomic E-state index is 12.7. The van der Waals surface area contributed by atoms with Crippen molar-refractivity contribution in [3.63, 3.8) is 0 Å². The zero-order valence-electron chi connectivity index (χ0n) is 10.7. The number of fused-ring (bicyclic) bond motifs is 1. The van der Waals surface area contributed by atoms with Crippen LogP contribution < -0.4 is 0 Å². The highest BCUT2D eigenvalue weighted by atomic mass is 35.5. The number of carboxylic acid groups (broad SMARTS) is 1. The second-order valence-electron chi connectivity index (χ2n) is 5.08. The molecule has 1 aliphatic carbocycles. The van der Waals surface area contributed by atoms with Gasteiger partial charge >= 0.3 is 5.97 Å². The van der Waals surface area contributed by atoms with Crippen LogP contribution in [0.25, 0.3) is 0 Å². The van der Waals surface area contributed by atoms with Crippen LogP contribution in [0, 0.1) is 0 Å². The van der Waals surface area contributed by atoms with E-state index in [0.717, 1.165) is 37.4 Å². The van der Waals surface area contributed by atoms with Gasteiger partial charge in [-0.25, -0.2) is 4.79 Å². The lowest BCUT2D eigenvalue weighted by atomic mass is 10.1. The summed E-state index contributed by atoms with van der Waals surface area (Å²) in [4.78, 5) is 26.3. The van der Waals surface area contributed by atoms with Crippen molar-refractivity contribution in [3.05, 3.63) is 28.8 Å². The van der Waals surface area contributed by atoms with Crippen LogP contribution in [0.3, 0.4) is 0 Å². The number of amides is 1. The molecule has 6 heteroatoms. The van der Waals surface area contributed by atoms with Gasteiger partial charge in [-0.2, -0.15) is 0 Å². The Hall–Kier alpha value is -1.20.